The summed E-state index contributed by atoms with van der Waals surface area (Å²) in [4.78, 5) is 16.0. The lowest BCUT2D eigenvalue weighted by atomic mass is 10.2. The standard InChI is InChI=1S/C20H18F3NO8S/c1-3-29-18(25)14-10-24-9-13-15(14)31-17(16(13)32-33(26,27)20(21,22)23)19(28-2)30-11-12-7-5-4-6-8-12/h4-10,19H,3,11H2,1-2H3. The molecule has 0 amide bonds. The normalized spacial score (nSPS) is 13.1. The van der Waals surface area contributed by atoms with Crippen LogP contribution in [-0.2, 0) is 30.9 Å². The Labute approximate surface area is 186 Å². The molecule has 0 aliphatic heterocycles. The minimum absolute atomic E-state index is 0.00448. The van der Waals surface area contributed by atoms with Crippen LogP contribution in [0.4, 0.5) is 13.2 Å². The van der Waals surface area contributed by atoms with Crippen LogP contribution in [0.15, 0.2) is 47.1 Å². The van der Waals surface area contributed by atoms with Gasteiger partial charge in [-0.25, -0.2) is 4.79 Å². The van der Waals surface area contributed by atoms with E-state index in [4.69, 9.17) is 18.6 Å². The van der Waals surface area contributed by atoms with Crippen LogP contribution in [0.2, 0.25) is 0 Å². The van der Waals surface area contributed by atoms with Crippen molar-refractivity contribution in [2.75, 3.05) is 13.7 Å². The van der Waals surface area contributed by atoms with Gasteiger partial charge in [-0.05, 0) is 12.5 Å². The molecule has 0 fully saturated rings. The van der Waals surface area contributed by atoms with Crippen molar-refractivity contribution in [3.63, 3.8) is 0 Å². The van der Waals surface area contributed by atoms with Gasteiger partial charge in [0.15, 0.2) is 11.3 Å². The molecule has 1 atom stereocenters. The predicted octanol–water partition coefficient (Wildman–Crippen LogP) is 4.09. The number of hydrogen-bond acceptors (Lipinski definition) is 9. The number of furan rings is 1. The van der Waals surface area contributed by atoms with E-state index in [0.717, 1.165) is 19.5 Å². The lowest BCUT2D eigenvalue weighted by Gasteiger charge is -2.16. The molecule has 0 spiro atoms. The summed E-state index contributed by atoms with van der Waals surface area (Å²) in [6.45, 7) is 1.47. The minimum Gasteiger partial charge on any atom is -0.462 e. The summed E-state index contributed by atoms with van der Waals surface area (Å²) in [5, 5.41) is -0.325. The molecular weight excluding hydrogens is 471 g/mol. The van der Waals surface area contributed by atoms with E-state index < -0.39 is 39.4 Å². The van der Waals surface area contributed by atoms with Crippen molar-refractivity contribution in [3.8, 4) is 5.75 Å². The Hall–Kier alpha value is -3.16. The third kappa shape index (κ3) is 5.26. The molecule has 33 heavy (non-hydrogen) atoms. The van der Waals surface area contributed by atoms with Gasteiger partial charge >= 0.3 is 21.6 Å². The highest BCUT2D eigenvalue weighted by Crippen LogP contribution is 2.42. The summed E-state index contributed by atoms with van der Waals surface area (Å²) >= 11 is 0. The number of halogens is 3. The van der Waals surface area contributed by atoms with E-state index in [1.54, 1.807) is 37.3 Å². The Morgan fingerprint density at radius 1 is 1.18 bits per heavy atom. The average Bonchev–Trinajstić information content (AvgIpc) is 3.12. The van der Waals surface area contributed by atoms with Crippen LogP contribution < -0.4 is 4.18 Å². The molecule has 9 nitrogen and oxygen atoms in total. The van der Waals surface area contributed by atoms with Crippen LogP contribution in [-0.4, -0.2) is 38.6 Å². The summed E-state index contributed by atoms with van der Waals surface area (Å²) in [5.74, 6) is -2.31. The third-order valence-corrected chi connectivity index (χ3v) is 5.17. The van der Waals surface area contributed by atoms with E-state index in [0.29, 0.717) is 5.56 Å². The van der Waals surface area contributed by atoms with E-state index in [1.807, 2.05) is 0 Å². The molecule has 1 unspecified atom stereocenters. The van der Waals surface area contributed by atoms with Crippen molar-refractivity contribution in [1.82, 2.24) is 4.98 Å². The molecule has 2 heterocycles. The first-order valence-electron chi connectivity index (χ1n) is 9.35. The van der Waals surface area contributed by atoms with Crippen LogP contribution in [0.5, 0.6) is 5.75 Å². The maximum atomic E-state index is 13.0. The second kappa shape index (κ2) is 9.77. The van der Waals surface area contributed by atoms with Crippen molar-refractivity contribution in [2.45, 2.75) is 25.3 Å². The van der Waals surface area contributed by atoms with Crippen LogP contribution in [0.25, 0.3) is 11.0 Å². The monoisotopic (exact) mass is 489 g/mol. The van der Waals surface area contributed by atoms with E-state index in [-0.39, 0.29) is 29.7 Å². The SMILES string of the molecule is CCOC(=O)c1cncc2c(OS(=O)(=O)C(F)(F)F)c(C(OC)OCc3ccccc3)oc12. The molecule has 0 saturated carbocycles. The Balaban J connectivity index is 2.12. The summed E-state index contributed by atoms with van der Waals surface area (Å²) < 4.78 is 88.1. The number of fused-ring (bicyclic) bond motifs is 1. The maximum Gasteiger partial charge on any atom is 0.534 e. The van der Waals surface area contributed by atoms with Crippen molar-refractivity contribution in [1.29, 1.82) is 0 Å². The van der Waals surface area contributed by atoms with E-state index in [9.17, 15) is 26.4 Å². The summed E-state index contributed by atoms with van der Waals surface area (Å²) in [6, 6.07) is 8.70. The second-order valence-electron chi connectivity index (χ2n) is 6.43. The van der Waals surface area contributed by atoms with Crippen LogP contribution >= 0.6 is 0 Å². The number of aromatic nitrogens is 1. The second-order valence-corrected chi connectivity index (χ2v) is 7.96. The van der Waals surface area contributed by atoms with Crippen LogP contribution in [0.1, 0.15) is 34.9 Å². The number of alkyl halides is 3. The molecule has 3 aromatic rings. The van der Waals surface area contributed by atoms with Crippen LogP contribution in [0.3, 0.4) is 0 Å². The number of rotatable bonds is 9. The van der Waals surface area contributed by atoms with Crippen LogP contribution in [0, 0.1) is 0 Å². The zero-order valence-electron chi connectivity index (χ0n) is 17.3. The summed E-state index contributed by atoms with van der Waals surface area (Å²) in [6.07, 6.45) is 0.546. The number of benzene rings is 1. The van der Waals surface area contributed by atoms with Gasteiger partial charge in [0, 0.05) is 19.5 Å². The van der Waals surface area contributed by atoms with Gasteiger partial charge in [-0.15, -0.1) is 0 Å². The largest absolute Gasteiger partial charge is 0.534 e. The van der Waals surface area contributed by atoms with Gasteiger partial charge in [0.25, 0.3) is 0 Å². The summed E-state index contributed by atoms with van der Waals surface area (Å²) in [7, 11) is -4.94. The molecular formula is C20H18F3NO8S. The first-order chi connectivity index (χ1) is 15.6. The molecule has 0 saturated heterocycles. The van der Waals surface area contributed by atoms with Gasteiger partial charge in [-0.3, -0.25) is 4.98 Å². The van der Waals surface area contributed by atoms with E-state index in [1.165, 1.54) is 0 Å². The van der Waals surface area contributed by atoms with Crippen molar-refractivity contribution in [3.05, 3.63) is 59.6 Å². The Morgan fingerprint density at radius 3 is 2.48 bits per heavy atom. The number of carbonyl (C=O) groups excluding carboxylic acids is 1. The van der Waals surface area contributed by atoms with Gasteiger partial charge in [0.2, 0.25) is 12.1 Å². The quantitative estimate of drug-likeness (QED) is 0.190. The number of nitrogens with zero attached hydrogens (tertiary/aromatic N) is 1. The zero-order chi connectivity index (χ0) is 24.2. The van der Waals surface area contributed by atoms with Crippen molar-refractivity contribution in [2.24, 2.45) is 0 Å². The molecule has 0 aliphatic carbocycles. The molecule has 0 bridgehead atoms. The highest BCUT2D eigenvalue weighted by atomic mass is 32.2. The van der Waals surface area contributed by atoms with Gasteiger partial charge in [-0.2, -0.15) is 21.6 Å². The molecule has 0 radical (unpaired) electrons. The summed E-state index contributed by atoms with van der Waals surface area (Å²) in [5.41, 5.74) is -5.60. The molecule has 178 valence electrons. The predicted molar refractivity (Wildman–Crippen MR) is 107 cm³/mol. The Kier molecular flexibility index (Phi) is 7.25. The average molecular weight is 489 g/mol. The molecule has 13 heteroatoms. The highest BCUT2D eigenvalue weighted by molar-refractivity contribution is 7.88. The number of methoxy groups -OCH3 is 1. The Morgan fingerprint density at radius 2 is 1.88 bits per heavy atom. The smallest absolute Gasteiger partial charge is 0.462 e. The minimum atomic E-state index is -6.10. The lowest BCUT2D eigenvalue weighted by Crippen LogP contribution is -2.28. The third-order valence-electron chi connectivity index (χ3n) is 4.22. The molecule has 2 aromatic heterocycles. The molecule has 0 aliphatic rings. The molecule has 3 rings (SSSR count). The van der Waals surface area contributed by atoms with E-state index in [2.05, 4.69) is 9.17 Å². The molecule has 1 aromatic carbocycles. The fourth-order valence-electron chi connectivity index (χ4n) is 2.76. The fourth-order valence-corrected chi connectivity index (χ4v) is 3.24. The van der Waals surface area contributed by atoms with Crippen molar-refractivity contribution >= 4 is 27.1 Å². The lowest BCUT2D eigenvalue weighted by molar-refractivity contribution is -0.146. The van der Waals surface area contributed by atoms with Crippen molar-refractivity contribution < 1.29 is 49.2 Å². The van der Waals surface area contributed by atoms with E-state index >= 15 is 0 Å². The highest BCUT2D eigenvalue weighted by Gasteiger charge is 2.50. The first kappa shape index (κ1) is 24.5. The number of pyridine rings is 1. The topological polar surface area (TPSA) is 114 Å². The zero-order valence-corrected chi connectivity index (χ0v) is 18.1. The number of carbonyl (C=O) groups is 1. The first-order valence-corrected chi connectivity index (χ1v) is 10.8. The Bertz CT molecular complexity index is 1230. The fraction of sp³-hybridized carbons (Fsp3) is 0.300. The van der Waals surface area contributed by atoms with Gasteiger partial charge in [0.1, 0.15) is 5.56 Å². The molecule has 0 N–H and O–H groups in total. The van der Waals surface area contributed by atoms with Gasteiger partial charge in [-0.1, -0.05) is 30.3 Å². The maximum absolute atomic E-state index is 13.0. The number of hydrogen-bond donors (Lipinski definition) is 0. The van der Waals surface area contributed by atoms with Gasteiger partial charge < -0.3 is 22.8 Å². The number of esters is 1. The number of ether oxygens (including phenoxy) is 3. The van der Waals surface area contributed by atoms with Gasteiger partial charge in [0.05, 0.1) is 18.6 Å².